The molecule has 0 aliphatic rings. The highest BCUT2D eigenvalue weighted by molar-refractivity contribution is 4.86. The summed E-state index contributed by atoms with van der Waals surface area (Å²) in [4.78, 5) is 4.05. The fourth-order valence-corrected chi connectivity index (χ4v) is 1.28. The third-order valence-electron chi connectivity index (χ3n) is 2.10. The van der Waals surface area contributed by atoms with Crippen molar-refractivity contribution in [2.45, 2.75) is 46.3 Å². The first-order chi connectivity index (χ1) is 6.70. The molecule has 0 amide bonds. The SMILES string of the molecule is Cc1n[c]cn1CCCCOC(C)C. The molecular formula is C11H19N2O. The molecule has 1 radical (unpaired) electrons. The number of aromatic nitrogens is 2. The molecule has 3 nitrogen and oxygen atoms in total. The van der Waals surface area contributed by atoms with Crippen LogP contribution in [0.5, 0.6) is 0 Å². The van der Waals surface area contributed by atoms with Gasteiger partial charge in [0.1, 0.15) is 12.0 Å². The highest BCUT2D eigenvalue weighted by atomic mass is 16.5. The molecule has 14 heavy (non-hydrogen) atoms. The van der Waals surface area contributed by atoms with Crippen LogP contribution < -0.4 is 0 Å². The quantitative estimate of drug-likeness (QED) is 0.651. The molecule has 1 heterocycles. The molecule has 0 aromatic carbocycles. The van der Waals surface area contributed by atoms with E-state index in [1.807, 2.05) is 13.1 Å². The zero-order valence-corrected chi connectivity index (χ0v) is 9.29. The van der Waals surface area contributed by atoms with Gasteiger partial charge in [0.25, 0.3) is 0 Å². The maximum absolute atomic E-state index is 5.46. The van der Waals surface area contributed by atoms with Crippen LogP contribution in [0.25, 0.3) is 0 Å². The van der Waals surface area contributed by atoms with Crippen molar-refractivity contribution in [3.05, 3.63) is 18.2 Å². The van der Waals surface area contributed by atoms with Crippen LogP contribution in [0.3, 0.4) is 0 Å². The number of hydrogen-bond acceptors (Lipinski definition) is 2. The summed E-state index contributed by atoms with van der Waals surface area (Å²) in [5, 5.41) is 0. The Labute approximate surface area is 86.1 Å². The Balaban J connectivity index is 2.08. The number of imidazole rings is 1. The number of rotatable bonds is 6. The minimum Gasteiger partial charge on any atom is -0.379 e. The van der Waals surface area contributed by atoms with Gasteiger partial charge in [-0.2, -0.15) is 0 Å². The first-order valence-corrected chi connectivity index (χ1v) is 5.21. The molecule has 0 saturated heterocycles. The van der Waals surface area contributed by atoms with E-state index in [1.54, 1.807) is 0 Å². The average Bonchev–Trinajstić information content (AvgIpc) is 2.51. The van der Waals surface area contributed by atoms with Crippen molar-refractivity contribution in [3.8, 4) is 0 Å². The van der Waals surface area contributed by atoms with Crippen molar-refractivity contribution in [1.29, 1.82) is 0 Å². The Morgan fingerprint density at radius 2 is 2.29 bits per heavy atom. The molecule has 79 valence electrons. The summed E-state index contributed by atoms with van der Waals surface area (Å²) in [6.45, 7) is 8.00. The van der Waals surface area contributed by atoms with Crippen molar-refractivity contribution in [2.75, 3.05) is 6.61 Å². The Kier molecular flexibility index (Phi) is 4.66. The highest BCUT2D eigenvalue weighted by Crippen LogP contribution is 2.00. The minimum absolute atomic E-state index is 0.346. The minimum atomic E-state index is 0.346. The topological polar surface area (TPSA) is 27.1 Å². The van der Waals surface area contributed by atoms with E-state index in [4.69, 9.17) is 4.74 Å². The van der Waals surface area contributed by atoms with Crippen molar-refractivity contribution < 1.29 is 4.74 Å². The normalized spacial score (nSPS) is 11.1. The summed E-state index contributed by atoms with van der Waals surface area (Å²) in [7, 11) is 0. The van der Waals surface area contributed by atoms with Crippen LogP contribution in [0, 0.1) is 13.1 Å². The molecular weight excluding hydrogens is 176 g/mol. The molecule has 0 saturated carbocycles. The number of aryl methyl sites for hydroxylation is 2. The first-order valence-electron chi connectivity index (χ1n) is 5.21. The van der Waals surface area contributed by atoms with Crippen LogP contribution in [0.1, 0.15) is 32.5 Å². The number of hydrogen-bond donors (Lipinski definition) is 0. The summed E-state index contributed by atoms with van der Waals surface area (Å²) in [6.07, 6.45) is 7.33. The Hall–Kier alpha value is -0.830. The Morgan fingerprint density at radius 3 is 2.86 bits per heavy atom. The Bertz CT molecular complexity index is 256. The second kappa shape index (κ2) is 5.81. The van der Waals surface area contributed by atoms with E-state index in [0.29, 0.717) is 6.10 Å². The lowest BCUT2D eigenvalue weighted by Crippen LogP contribution is -2.05. The summed E-state index contributed by atoms with van der Waals surface area (Å²) >= 11 is 0. The third kappa shape index (κ3) is 3.92. The lowest BCUT2D eigenvalue weighted by Gasteiger charge is -2.07. The standard InChI is InChI=1S/C11H19N2O/c1-10(2)14-9-5-4-7-13-8-6-12-11(13)3/h8,10H,4-5,7,9H2,1-3H3. The molecule has 1 aromatic rings. The molecule has 0 aliphatic carbocycles. The molecule has 0 aliphatic heterocycles. The van der Waals surface area contributed by atoms with Gasteiger partial charge < -0.3 is 9.30 Å². The van der Waals surface area contributed by atoms with Gasteiger partial charge in [-0.15, -0.1) is 0 Å². The van der Waals surface area contributed by atoms with Crippen molar-refractivity contribution in [1.82, 2.24) is 9.55 Å². The largest absolute Gasteiger partial charge is 0.379 e. The second-order valence-corrected chi connectivity index (χ2v) is 3.74. The zero-order valence-electron chi connectivity index (χ0n) is 9.29. The van der Waals surface area contributed by atoms with Gasteiger partial charge in [-0.05, 0) is 33.6 Å². The summed E-state index contributed by atoms with van der Waals surface area (Å²) in [5.74, 6) is 1.04. The lowest BCUT2D eigenvalue weighted by atomic mass is 10.3. The highest BCUT2D eigenvalue weighted by Gasteiger charge is 1.97. The maximum atomic E-state index is 5.46. The van der Waals surface area contributed by atoms with E-state index in [-0.39, 0.29) is 0 Å². The number of nitrogens with zero attached hydrogens (tertiary/aromatic N) is 2. The van der Waals surface area contributed by atoms with Crippen LogP contribution in [0.15, 0.2) is 6.20 Å². The lowest BCUT2D eigenvalue weighted by molar-refractivity contribution is 0.0754. The van der Waals surface area contributed by atoms with Crippen LogP contribution in [0.4, 0.5) is 0 Å². The predicted molar refractivity (Wildman–Crippen MR) is 56.1 cm³/mol. The fraction of sp³-hybridized carbons (Fsp3) is 0.727. The van der Waals surface area contributed by atoms with Crippen LogP contribution in [-0.4, -0.2) is 22.3 Å². The van der Waals surface area contributed by atoms with Crippen molar-refractivity contribution in [2.24, 2.45) is 0 Å². The number of ether oxygens (including phenoxy) is 1. The molecule has 0 bridgehead atoms. The average molecular weight is 195 g/mol. The monoisotopic (exact) mass is 195 g/mol. The van der Waals surface area contributed by atoms with E-state index < -0.39 is 0 Å². The van der Waals surface area contributed by atoms with Gasteiger partial charge in [-0.1, -0.05) is 0 Å². The molecule has 0 fully saturated rings. The number of unbranched alkanes of at least 4 members (excludes halogenated alkanes) is 1. The molecule has 0 unspecified atom stereocenters. The van der Waals surface area contributed by atoms with E-state index in [2.05, 4.69) is 29.6 Å². The van der Waals surface area contributed by atoms with Crippen LogP contribution >= 0.6 is 0 Å². The van der Waals surface area contributed by atoms with Gasteiger partial charge in [0.05, 0.1) is 6.10 Å². The smallest absolute Gasteiger partial charge is 0.109 e. The van der Waals surface area contributed by atoms with Crippen molar-refractivity contribution >= 4 is 0 Å². The van der Waals surface area contributed by atoms with E-state index in [1.165, 1.54) is 0 Å². The van der Waals surface area contributed by atoms with Gasteiger partial charge in [0.2, 0.25) is 0 Å². The van der Waals surface area contributed by atoms with Crippen LogP contribution in [0.2, 0.25) is 0 Å². The van der Waals surface area contributed by atoms with Gasteiger partial charge >= 0.3 is 0 Å². The van der Waals surface area contributed by atoms with Crippen LogP contribution in [-0.2, 0) is 11.3 Å². The predicted octanol–water partition coefficient (Wildman–Crippen LogP) is 2.20. The summed E-state index contributed by atoms with van der Waals surface area (Å²) in [6, 6.07) is 0. The molecule has 0 atom stereocenters. The van der Waals surface area contributed by atoms with E-state index in [9.17, 15) is 0 Å². The Morgan fingerprint density at radius 1 is 1.50 bits per heavy atom. The molecule has 3 heteroatoms. The van der Waals surface area contributed by atoms with E-state index >= 15 is 0 Å². The summed E-state index contributed by atoms with van der Waals surface area (Å²) in [5.41, 5.74) is 0. The van der Waals surface area contributed by atoms with Gasteiger partial charge in [-0.25, -0.2) is 4.98 Å². The third-order valence-corrected chi connectivity index (χ3v) is 2.10. The summed E-state index contributed by atoms with van der Waals surface area (Å²) < 4.78 is 7.58. The molecule has 1 aromatic heterocycles. The fourth-order valence-electron chi connectivity index (χ4n) is 1.28. The molecule has 1 rings (SSSR count). The van der Waals surface area contributed by atoms with Gasteiger partial charge in [0, 0.05) is 19.3 Å². The van der Waals surface area contributed by atoms with Crippen molar-refractivity contribution in [3.63, 3.8) is 0 Å². The molecule has 0 N–H and O–H groups in total. The van der Waals surface area contributed by atoms with Gasteiger partial charge in [0.15, 0.2) is 0 Å². The van der Waals surface area contributed by atoms with Gasteiger partial charge in [-0.3, -0.25) is 0 Å². The zero-order chi connectivity index (χ0) is 10.4. The van der Waals surface area contributed by atoms with E-state index in [0.717, 1.165) is 31.8 Å². The maximum Gasteiger partial charge on any atom is 0.109 e. The second-order valence-electron chi connectivity index (χ2n) is 3.74. The first kappa shape index (κ1) is 11.2. The molecule has 0 spiro atoms.